The van der Waals surface area contributed by atoms with Crippen LogP contribution in [-0.4, -0.2) is 24.3 Å². The van der Waals surface area contributed by atoms with Gasteiger partial charge >= 0.3 is 0 Å². The van der Waals surface area contributed by atoms with Crippen molar-refractivity contribution in [3.63, 3.8) is 0 Å². The number of nitrogens with zero attached hydrogens (tertiary/aromatic N) is 1. The van der Waals surface area contributed by atoms with Crippen molar-refractivity contribution in [2.45, 2.75) is 58.0 Å². The maximum absolute atomic E-state index is 5.46. The molecule has 3 rings (SSSR count). The second-order valence-corrected chi connectivity index (χ2v) is 6.39. The summed E-state index contributed by atoms with van der Waals surface area (Å²) in [6, 6.07) is 0.592. The number of rotatable bonds is 5. The van der Waals surface area contributed by atoms with Crippen molar-refractivity contribution in [3.8, 4) is 0 Å². The van der Waals surface area contributed by atoms with E-state index in [0.29, 0.717) is 6.04 Å². The minimum absolute atomic E-state index is 0.592. The third-order valence-corrected chi connectivity index (χ3v) is 4.76. The van der Waals surface area contributed by atoms with Gasteiger partial charge in [0, 0.05) is 38.2 Å². The van der Waals surface area contributed by atoms with Crippen LogP contribution in [0.15, 0.2) is 12.4 Å². The Morgan fingerprint density at radius 3 is 2.90 bits per heavy atom. The maximum atomic E-state index is 5.46. The molecular weight excluding hydrogens is 248 g/mol. The van der Waals surface area contributed by atoms with Crippen LogP contribution in [0, 0.1) is 5.92 Å². The first-order valence-corrected chi connectivity index (χ1v) is 8.36. The van der Waals surface area contributed by atoms with E-state index in [1.54, 1.807) is 11.1 Å². The summed E-state index contributed by atoms with van der Waals surface area (Å²) in [5, 5.41) is 3.71. The van der Waals surface area contributed by atoms with E-state index >= 15 is 0 Å². The average Bonchev–Trinajstić information content (AvgIpc) is 2.89. The van der Waals surface area contributed by atoms with Crippen LogP contribution in [0.1, 0.15) is 56.2 Å². The molecule has 1 unspecified atom stereocenters. The molecule has 0 spiro atoms. The lowest BCUT2D eigenvalue weighted by Gasteiger charge is -2.23. The minimum Gasteiger partial charge on any atom is -0.381 e. The molecule has 0 radical (unpaired) electrons. The number of nitrogens with one attached hydrogen (secondary N) is 1. The summed E-state index contributed by atoms with van der Waals surface area (Å²) in [6.45, 7) is 6.46. The van der Waals surface area contributed by atoms with Gasteiger partial charge in [-0.1, -0.05) is 6.92 Å². The van der Waals surface area contributed by atoms with E-state index in [1.165, 1.54) is 45.1 Å². The van der Waals surface area contributed by atoms with Crippen LogP contribution in [0.5, 0.6) is 0 Å². The molecule has 1 aromatic rings. The molecule has 1 fully saturated rings. The van der Waals surface area contributed by atoms with Gasteiger partial charge in [-0.15, -0.1) is 0 Å². The van der Waals surface area contributed by atoms with E-state index in [1.807, 2.05) is 0 Å². The van der Waals surface area contributed by atoms with Gasteiger partial charge in [-0.2, -0.15) is 0 Å². The van der Waals surface area contributed by atoms with Crippen molar-refractivity contribution < 1.29 is 4.74 Å². The highest BCUT2D eigenvalue weighted by molar-refractivity contribution is 5.30. The van der Waals surface area contributed by atoms with Gasteiger partial charge in [0.05, 0.1) is 0 Å². The van der Waals surface area contributed by atoms with Crippen LogP contribution < -0.4 is 5.32 Å². The van der Waals surface area contributed by atoms with Crippen LogP contribution in [0.3, 0.4) is 0 Å². The van der Waals surface area contributed by atoms with Gasteiger partial charge in [0.2, 0.25) is 0 Å². The first-order chi connectivity index (χ1) is 9.86. The van der Waals surface area contributed by atoms with Crippen LogP contribution in [0.2, 0.25) is 0 Å². The zero-order valence-electron chi connectivity index (χ0n) is 12.7. The summed E-state index contributed by atoms with van der Waals surface area (Å²) in [4.78, 5) is 0. The molecule has 0 amide bonds. The Morgan fingerprint density at radius 1 is 1.25 bits per heavy atom. The molecule has 3 heteroatoms. The lowest BCUT2D eigenvalue weighted by molar-refractivity contribution is 0.0613. The van der Waals surface area contributed by atoms with Crippen LogP contribution in [-0.2, 0) is 17.7 Å². The molecule has 3 nitrogen and oxygen atoms in total. The fourth-order valence-electron chi connectivity index (χ4n) is 3.61. The van der Waals surface area contributed by atoms with E-state index in [9.17, 15) is 0 Å². The van der Waals surface area contributed by atoms with Gasteiger partial charge in [-0.25, -0.2) is 0 Å². The summed E-state index contributed by atoms with van der Waals surface area (Å²) in [5.74, 6) is 0.805. The number of aromatic nitrogens is 1. The molecule has 1 aliphatic carbocycles. The zero-order valence-corrected chi connectivity index (χ0v) is 12.7. The van der Waals surface area contributed by atoms with Gasteiger partial charge in [0.25, 0.3) is 0 Å². The molecule has 2 heterocycles. The maximum Gasteiger partial charge on any atom is 0.0469 e. The minimum atomic E-state index is 0.592. The molecule has 1 aliphatic heterocycles. The van der Waals surface area contributed by atoms with Gasteiger partial charge < -0.3 is 14.6 Å². The number of fused-ring (bicyclic) bond motifs is 1. The normalized spacial score (nSPS) is 23.8. The monoisotopic (exact) mass is 276 g/mol. The summed E-state index contributed by atoms with van der Waals surface area (Å²) in [6.07, 6.45) is 12.4. The average molecular weight is 276 g/mol. The predicted octanol–water partition coefficient (Wildman–Crippen LogP) is 3.29. The first kappa shape index (κ1) is 14.2. The molecule has 1 atom stereocenters. The highest BCUT2D eigenvalue weighted by atomic mass is 16.5. The van der Waals surface area contributed by atoms with E-state index in [2.05, 4.69) is 29.2 Å². The van der Waals surface area contributed by atoms with Gasteiger partial charge in [0.1, 0.15) is 0 Å². The molecule has 1 saturated heterocycles. The third-order valence-electron chi connectivity index (χ3n) is 4.76. The first-order valence-electron chi connectivity index (χ1n) is 8.36. The lowest BCUT2D eigenvalue weighted by Crippen LogP contribution is -2.25. The van der Waals surface area contributed by atoms with Crippen LogP contribution in [0.4, 0.5) is 0 Å². The summed E-state index contributed by atoms with van der Waals surface area (Å²) < 4.78 is 7.91. The summed E-state index contributed by atoms with van der Waals surface area (Å²) in [7, 11) is 0. The Hall–Kier alpha value is -0.800. The number of ether oxygens (including phenoxy) is 1. The Kier molecular flexibility index (Phi) is 4.79. The van der Waals surface area contributed by atoms with E-state index in [0.717, 1.165) is 25.7 Å². The second-order valence-electron chi connectivity index (χ2n) is 6.39. The molecule has 112 valence electrons. The number of aryl methyl sites for hydroxylation is 1. The Labute approximate surface area is 122 Å². The van der Waals surface area contributed by atoms with Crippen molar-refractivity contribution >= 4 is 0 Å². The van der Waals surface area contributed by atoms with E-state index < -0.39 is 0 Å². The van der Waals surface area contributed by atoms with Crippen molar-refractivity contribution in [2.75, 3.05) is 19.8 Å². The third kappa shape index (κ3) is 3.26. The number of hydrogen-bond donors (Lipinski definition) is 1. The molecular formula is C17H28N2O. The second kappa shape index (κ2) is 6.77. The van der Waals surface area contributed by atoms with Gasteiger partial charge in [0.15, 0.2) is 0 Å². The Bertz CT molecular complexity index is 421. The van der Waals surface area contributed by atoms with Gasteiger partial charge in [-0.3, -0.25) is 0 Å². The fourth-order valence-corrected chi connectivity index (χ4v) is 3.61. The fraction of sp³-hybridized carbons (Fsp3) is 0.765. The molecule has 0 aromatic carbocycles. The topological polar surface area (TPSA) is 26.2 Å². The Balaban J connectivity index is 1.66. The predicted molar refractivity (Wildman–Crippen MR) is 81.9 cm³/mol. The quantitative estimate of drug-likeness (QED) is 0.893. The molecule has 20 heavy (non-hydrogen) atoms. The number of hydrogen-bond acceptors (Lipinski definition) is 2. The van der Waals surface area contributed by atoms with Crippen molar-refractivity contribution in [1.29, 1.82) is 0 Å². The van der Waals surface area contributed by atoms with Crippen molar-refractivity contribution in [3.05, 3.63) is 23.5 Å². The molecule has 1 aromatic heterocycles. The van der Waals surface area contributed by atoms with Crippen LogP contribution >= 0.6 is 0 Å². The summed E-state index contributed by atoms with van der Waals surface area (Å²) >= 11 is 0. The lowest BCUT2D eigenvalue weighted by atomic mass is 9.91. The van der Waals surface area contributed by atoms with E-state index in [4.69, 9.17) is 4.74 Å². The molecule has 2 aliphatic rings. The zero-order chi connectivity index (χ0) is 13.8. The van der Waals surface area contributed by atoms with E-state index in [-0.39, 0.29) is 0 Å². The highest BCUT2D eigenvalue weighted by Gasteiger charge is 2.22. The SMILES string of the molecule is CCCNC1CCCc2cn(CC3CCOCC3)cc21. The standard InChI is InChI=1S/C17H28N2O/c1-2-8-18-17-5-3-4-15-12-19(13-16(15)17)11-14-6-9-20-10-7-14/h12-14,17-18H,2-11H2,1H3. The Morgan fingerprint density at radius 2 is 2.10 bits per heavy atom. The molecule has 0 bridgehead atoms. The van der Waals surface area contributed by atoms with Gasteiger partial charge in [-0.05, 0) is 62.1 Å². The molecule has 1 N–H and O–H groups in total. The van der Waals surface area contributed by atoms with Crippen molar-refractivity contribution in [1.82, 2.24) is 9.88 Å². The smallest absolute Gasteiger partial charge is 0.0469 e. The largest absolute Gasteiger partial charge is 0.381 e. The highest BCUT2D eigenvalue weighted by Crippen LogP contribution is 2.31. The summed E-state index contributed by atoms with van der Waals surface area (Å²) in [5.41, 5.74) is 3.15. The van der Waals surface area contributed by atoms with Crippen LogP contribution in [0.25, 0.3) is 0 Å². The molecule has 0 saturated carbocycles. The van der Waals surface area contributed by atoms with Crippen molar-refractivity contribution in [2.24, 2.45) is 5.92 Å².